The topological polar surface area (TPSA) is 149 Å². The maximum atomic E-state index is 10.7. The lowest BCUT2D eigenvalue weighted by molar-refractivity contribution is -0.155. The van der Waals surface area contributed by atoms with E-state index in [0.29, 0.717) is 6.42 Å². The fourth-order valence-corrected chi connectivity index (χ4v) is 3.98. The summed E-state index contributed by atoms with van der Waals surface area (Å²) in [6.07, 6.45) is 21.8. The fourth-order valence-electron chi connectivity index (χ4n) is 3.98. The molecule has 0 spiro atoms. The summed E-state index contributed by atoms with van der Waals surface area (Å²) < 4.78 is 0. The second-order valence-corrected chi connectivity index (χ2v) is 9.67. The first-order valence-electron chi connectivity index (χ1n) is 14.1. The number of carboxylic acid groups (broad SMARTS) is 4. The number of carboxylic acids is 4. The molecule has 0 radical (unpaired) electrons. The van der Waals surface area contributed by atoms with E-state index in [4.69, 9.17) is 20.4 Å². The molecule has 0 unspecified atom stereocenters. The number of hydrogen-bond acceptors (Lipinski definition) is 4. The molecule has 0 aliphatic carbocycles. The van der Waals surface area contributed by atoms with Crippen molar-refractivity contribution in [2.24, 2.45) is 5.92 Å². The zero-order chi connectivity index (χ0) is 27.4. The van der Waals surface area contributed by atoms with Crippen molar-refractivity contribution in [1.82, 2.24) is 0 Å². The van der Waals surface area contributed by atoms with E-state index in [0.717, 1.165) is 51.4 Å². The lowest BCUT2D eigenvalue weighted by Gasteiger charge is -2.06. The summed E-state index contributed by atoms with van der Waals surface area (Å²) >= 11 is 0. The van der Waals surface area contributed by atoms with Crippen LogP contribution in [0.1, 0.15) is 148 Å². The molecule has 0 aliphatic rings. The molecule has 0 aromatic heterocycles. The van der Waals surface area contributed by atoms with Crippen molar-refractivity contribution in [1.29, 1.82) is 0 Å². The lowest BCUT2D eigenvalue weighted by Crippen LogP contribution is -2.23. The van der Waals surface area contributed by atoms with Gasteiger partial charge in [-0.25, -0.2) is 0 Å². The number of carbonyl (C=O) groups is 4. The van der Waals surface area contributed by atoms with Crippen molar-refractivity contribution >= 4 is 23.9 Å². The van der Waals surface area contributed by atoms with E-state index < -0.39 is 29.8 Å². The molecule has 4 N–H and O–H groups in total. The van der Waals surface area contributed by atoms with Gasteiger partial charge in [0.1, 0.15) is 0 Å². The molecule has 212 valence electrons. The zero-order valence-electron chi connectivity index (χ0n) is 22.6. The van der Waals surface area contributed by atoms with Crippen LogP contribution in [-0.2, 0) is 19.2 Å². The molecule has 0 rings (SSSR count). The monoisotopic (exact) mass is 516 g/mol. The Morgan fingerprint density at radius 3 is 1.00 bits per heavy atom. The van der Waals surface area contributed by atoms with Crippen molar-refractivity contribution in [3.63, 3.8) is 0 Å². The minimum absolute atomic E-state index is 0.251. The van der Waals surface area contributed by atoms with E-state index in [9.17, 15) is 19.2 Å². The van der Waals surface area contributed by atoms with Gasteiger partial charge in [-0.3, -0.25) is 19.2 Å². The largest absolute Gasteiger partial charge is 0.481 e. The molecule has 0 saturated heterocycles. The van der Waals surface area contributed by atoms with Gasteiger partial charge in [0, 0.05) is 12.8 Å². The van der Waals surface area contributed by atoms with Crippen molar-refractivity contribution in [3.8, 4) is 0 Å². The maximum Gasteiger partial charge on any atom is 0.317 e. The van der Waals surface area contributed by atoms with Gasteiger partial charge in [-0.1, -0.05) is 116 Å². The van der Waals surface area contributed by atoms with Gasteiger partial charge in [0.15, 0.2) is 5.92 Å². The first kappa shape index (κ1) is 36.0. The van der Waals surface area contributed by atoms with Gasteiger partial charge >= 0.3 is 23.9 Å². The summed E-state index contributed by atoms with van der Waals surface area (Å²) in [5.74, 6) is -5.08. The van der Waals surface area contributed by atoms with Crippen molar-refractivity contribution in [2.75, 3.05) is 0 Å². The van der Waals surface area contributed by atoms with Crippen molar-refractivity contribution < 1.29 is 39.6 Å². The number of unbranched alkanes of at least 4 members (excludes halogenated alkanes) is 17. The summed E-state index contributed by atoms with van der Waals surface area (Å²) in [6.45, 7) is 2.21. The van der Waals surface area contributed by atoms with Gasteiger partial charge in [0.05, 0.1) is 0 Å². The van der Waals surface area contributed by atoms with Crippen LogP contribution in [0.15, 0.2) is 0 Å². The molecule has 0 saturated carbocycles. The standard InChI is InChI=1S/C15H28O4.C13H24O4/c1-2-3-4-5-6-7-8-9-10-11-12-13(14(16)17)15(18)19;14-12(15)10-8-6-4-2-1-3-5-7-9-11-13(16)17/h13H,2-12H2,1H3,(H,16,17)(H,18,19);1-11H2,(H,14,15)(H,16,17). The summed E-state index contributed by atoms with van der Waals surface area (Å²) in [5, 5.41) is 34.3. The van der Waals surface area contributed by atoms with Crippen LogP contribution >= 0.6 is 0 Å². The highest BCUT2D eigenvalue weighted by atomic mass is 16.4. The molecule has 0 aromatic rings. The molecule has 0 amide bonds. The lowest BCUT2D eigenvalue weighted by atomic mass is 10.00. The third-order valence-electron chi connectivity index (χ3n) is 6.22. The maximum absolute atomic E-state index is 10.7. The van der Waals surface area contributed by atoms with Gasteiger partial charge in [0.25, 0.3) is 0 Å². The zero-order valence-corrected chi connectivity index (χ0v) is 22.6. The Hall–Kier alpha value is -2.12. The second kappa shape index (κ2) is 27.5. The predicted molar refractivity (Wildman–Crippen MR) is 141 cm³/mol. The molecule has 8 nitrogen and oxygen atoms in total. The summed E-state index contributed by atoms with van der Waals surface area (Å²) in [6, 6.07) is 0. The quantitative estimate of drug-likeness (QED) is 0.0718. The van der Waals surface area contributed by atoms with Gasteiger partial charge in [-0.15, -0.1) is 0 Å². The van der Waals surface area contributed by atoms with Crippen LogP contribution in [0.25, 0.3) is 0 Å². The molecule has 0 aromatic carbocycles. The molecule has 0 fully saturated rings. The van der Waals surface area contributed by atoms with Gasteiger partial charge in [-0.05, 0) is 19.3 Å². The normalized spacial score (nSPS) is 10.6. The highest BCUT2D eigenvalue weighted by Gasteiger charge is 2.24. The Morgan fingerprint density at radius 1 is 0.444 bits per heavy atom. The smallest absolute Gasteiger partial charge is 0.317 e. The minimum atomic E-state index is -1.23. The fraction of sp³-hybridized carbons (Fsp3) is 0.857. The Kier molecular flexibility index (Phi) is 27.5. The van der Waals surface area contributed by atoms with Gasteiger partial charge in [-0.2, -0.15) is 0 Å². The molecule has 36 heavy (non-hydrogen) atoms. The Morgan fingerprint density at radius 2 is 0.722 bits per heavy atom. The van der Waals surface area contributed by atoms with Crippen molar-refractivity contribution in [3.05, 3.63) is 0 Å². The minimum Gasteiger partial charge on any atom is -0.481 e. The highest BCUT2D eigenvalue weighted by molar-refractivity contribution is 5.92. The number of rotatable bonds is 25. The Bertz CT molecular complexity index is 526. The van der Waals surface area contributed by atoms with Crippen LogP contribution in [0.2, 0.25) is 0 Å². The van der Waals surface area contributed by atoms with E-state index in [1.54, 1.807) is 0 Å². The SMILES string of the molecule is CCCCCCCCCCCCC(C(=O)O)C(=O)O.O=C(O)CCCCCCCCCCCC(=O)O. The molecule has 0 heterocycles. The first-order valence-corrected chi connectivity index (χ1v) is 14.1. The number of hydrogen-bond donors (Lipinski definition) is 4. The van der Waals surface area contributed by atoms with E-state index in [2.05, 4.69) is 6.92 Å². The van der Waals surface area contributed by atoms with Crippen LogP contribution in [-0.4, -0.2) is 44.3 Å². The average molecular weight is 517 g/mol. The first-order chi connectivity index (χ1) is 17.2. The van der Waals surface area contributed by atoms with Crippen LogP contribution in [0, 0.1) is 5.92 Å². The van der Waals surface area contributed by atoms with E-state index in [1.165, 1.54) is 64.2 Å². The van der Waals surface area contributed by atoms with Crippen LogP contribution in [0.5, 0.6) is 0 Å². The van der Waals surface area contributed by atoms with Crippen molar-refractivity contribution in [2.45, 2.75) is 148 Å². The molecule has 0 atom stereocenters. The molecular formula is C28H52O8. The van der Waals surface area contributed by atoms with Crippen LogP contribution < -0.4 is 0 Å². The molecule has 0 bridgehead atoms. The average Bonchev–Trinajstić information content (AvgIpc) is 2.80. The van der Waals surface area contributed by atoms with E-state index >= 15 is 0 Å². The van der Waals surface area contributed by atoms with Gasteiger partial charge in [0.2, 0.25) is 0 Å². The Balaban J connectivity index is 0. The highest BCUT2D eigenvalue weighted by Crippen LogP contribution is 2.15. The van der Waals surface area contributed by atoms with E-state index in [1.807, 2.05) is 0 Å². The third-order valence-corrected chi connectivity index (χ3v) is 6.22. The molecule has 0 aliphatic heterocycles. The Labute approximate surface area is 217 Å². The molecular weight excluding hydrogens is 464 g/mol. The van der Waals surface area contributed by atoms with Crippen LogP contribution in [0.3, 0.4) is 0 Å². The predicted octanol–water partition coefficient (Wildman–Crippen LogP) is 7.53. The van der Waals surface area contributed by atoms with Gasteiger partial charge < -0.3 is 20.4 Å². The summed E-state index contributed by atoms with van der Waals surface area (Å²) in [5.41, 5.74) is 0. The third kappa shape index (κ3) is 29.9. The van der Waals surface area contributed by atoms with Crippen LogP contribution in [0.4, 0.5) is 0 Å². The summed E-state index contributed by atoms with van der Waals surface area (Å²) in [4.78, 5) is 41.8. The van der Waals surface area contributed by atoms with E-state index in [-0.39, 0.29) is 19.3 Å². The second-order valence-electron chi connectivity index (χ2n) is 9.67. The number of aliphatic carboxylic acids is 4. The molecule has 8 heteroatoms. The summed E-state index contributed by atoms with van der Waals surface area (Å²) in [7, 11) is 0.